The van der Waals surface area contributed by atoms with E-state index in [2.05, 4.69) is 18.3 Å². The van der Waals surface area contributed by atoms with Gasteiger partial charge in [0.05, 0.1) is 13.2 Å². The van der Waals surface area contributed by atoms with Gasteiger partial charge in [0.15, 0.2) is 0 Å². The molecule has 1 heterocycles. The summed E-state index contributed by atoms with van der Waals surface area (Å²) in [6.07, 6.45) is 3.05. The van der Waals surface area contributed by atoms with Gasteiger partial charge in [-0.15, -0.1) is 0 Å². The number of fused-ring (bicyclic) bond motifs is 1. The van der Waals surface area contributed by atoms with E-state index in [4.69, 9.17) is 4.74 Å². The van der Waals surface area contributed by atoms with Crippen LogP contribution >= 0.6 is 0 Å². The normalized spacial score (nSPS) is 34.1. The van der Waals surface area contributed by atoms with Gasteiger partial charge in [0, 0.05) is 12.0 Å². The minimum absolute atomic E-state index is 0.310. The first-order chi connectivity index (χ1) is 9.19. The standard InChI is InChI=1S/C16H23NO2/c1-10-5-6-17-15(7-10)14-8-11-3-4-12(19-2)9-13(11)16(14)18/h3-4,9-10,14-18H,5-8H2,1-2H3. The third kappa shape index (κ3) is 2.37. The van der Waals surface area contributed by atoms with Crippen LogP contribution in [-0.2, 0) is 6.42 Å². The molecule has 1 saturated heterocycles. The second-order valence-electron chi connectivity index (χ2n) is 6.07. The van der Waals surface area contributed by atoms with E-state index in [1.165, 1.54) is 18.4 Å². The second-order valence-corrected chi connectivity index (χ2v) is 6.07. The Morgan fingerprint density at radius 1 is 1.37 bits per heavy atom. The number of aliphatic hydroxyl groups excluding tert-OH is 1. The van der Waals surface area contributed by atoms with E-state index in [9.17, 15) is 5.11 Å². The lowest BCUT2D eigenvalue weighted by Gasteiger charge is -2.34. The maximum Gasteiger partial charge on any atom is 0.119 e. The summed E-state index contributed by atoms with van der Waals surface area (Å²) >= 11 is 0. The van der Waals surface area contributed by atoms with Gasteiger partial charge in [-0.25, -0.2) is 0 Å². The molecule has 4 unspecified atom stereocenters. The fourth-order valence-corrected chi connectivity index (χ4v) is 3.60. The largest absolute Gasteiger partial charge is 0.497 e. The summed E-state index contributed by atoms with van der Waals surface area (Å²) in [5, 5.41) is 14.2. The Bertz CT molecular complexity index is 460. The zero-order valence-electron chi connectivity index (χ0n) is 11.7. The molecule has 3 nitrogen and oxygen atoms in total. The van der Waals surface area contributed by atoms with Crippen LogP contribution in [0.2, 0.25) is 0 Å². The van der Waals surface area contributed by atoms with Crippen molar-refractivity contribution in [1.82, 2.24) is 5.32 Å². The zero-order valence-corrected chi connectivity index (χ0v) is 11.7. The number of ether oxygens (including phenoxy) is 1. The van der Waals surface area contributed by atoms with Gasteiger partial charge in [0.25, 0.3) is 0 Å². The molecule has 4 atom stereocenters. The number of benzene rings is 1. The second kappa shape index (κ2) is 5.14. The molecule has 1 aliphatic heterocycles. The lowest BCUT2D eigenvalue weighted by Crippen LogP contribution is -2.43. The molecule has 1 aromatic rings. The first kappa shape index (κ1) is 12.9. The van der Waals surface area contributed by atoms with Crippen LogP contribution in [0.1, 0.15) is 37.0 Å². The fourth-order valence-electron chi connectivity index (χ4n) is 3.60. The fraction of sp³-hybridized carbons (Fsp3) is 0.625. The van der Waals surface area contributed by atoms with Gasteiger partial charge < -0.3 is 15.2 Å². The van der Waals surface area contributed by atoms with Gasteiger partial charge in [-0.1, -0.05) is 13.0 Å². The summed E-state index contributed by atoms with van der Waals surface area (Å²) in [5.41, 5.74) is 2.34. The van der Waals surface area contributed by atoms with Crippen LogP contribution in [0.15, 0.2) is 18.2 Å². The summed E-state index contributed by atoms with van der Waals surface area (Å²) in [6.45, 7) is 3.39. The molecule has 3 heteroatoms. The van der Waals surface area contributed by atoms with E-state index in [1.807, 2.05) is 12.1 Å². The predicted octanol–water partition coefficient (Wildman–Crippen LogP) is 2.29. The highest BCUT2D eigenvalue weighted by molar-refractivity contribution is 5.41. The summed E-state index contributed by atoms with van der Waals surface area (Å²) in [6, 6.07) is 6.53. The smallest absolute Gasteiger partial charge is 0.119 e. The molecule has 19 heavy (non-hydrogen) atoms. The van der Waals surface area contributed by atoms with Crippen molar-refractivity contribution in [2.75, 3.05) is 13.7 Å². The summed E-state index contributed by atoms with van der Waals surface area (Å²) in [5.74, 6) is 1.91. The van der Waals surface area contributed by atoms with Crippen LogP contribution in [0.25, 0.3) is 0 Å². The molecule has 2 N–H and O–H groups in total. The van der Waals surface area contributed by atoms with E-state index in [0.29, 0.717) is 12.0 Å². The molecule has 104 valence electrons. The van der Waals surface area contributed by atoms with Crippen molar-refractivity contribution < 1.29 is 9.84 Å². The van der Waals surface area contributed by atoms with Gasteiger partial charge in [0.1, 0.15) is 5.75 Å². The number of nitrogens with one attached hydrogen (secondary N) is 1. The van der Waals surface area contributed by atoms with Gasteiger partial charge in [-0.2, -0.15) is 0 Å². The molecular weight excluding hydrogens is 238 g/mol. The average molecular weight is 261 g/mol. The average Bonchev–Trinajstić information content (AvgIpc) is 2.76. The summed E-state index contributed by atoms with van der Waals surface area (Å²) < 4.78 is 5.26. The molecule has 0 bridgehead atoms. The SMILES string of the molecule is COc1ccc2c(c1)C(O)C(C1CC(C)CCN1)C2. The van der Waals surface area contributed by atoms with E-state index >= 15 is 0 Å². The monoisotopic (exact) mass is 261 g/mol. The summed E-state index contributed by atoms with van der Waals surface area (Å²) in [4.78, 5) is 0. The minimum atomic E-state index is -0.354. The molecule has 0 amide bonds. The van der Waals surface area contributed by atoms with Crippen molar-refractivity contribution in [1.29, 1.82) is 0 Å². The lowest BCUT2D eigenvalue weighted by molar-refractivity contribution is 0.0836. The van der Waals surface area contributed by atoms with E-state index in [0.717, 1.165) is 30.2 Å². The van der Waals surface area contributed by atoms with Crippen molar-refractivity contribution >= 4 is 0 Å². The van der Waals surface area contributed by atoms with Crippen LogP contribution in [0.5, 0.6) is 5.75 Å². The quantitative estimate of drug-likeness (QED) is 0.858. The van der Waals surface area contributed by atoms with Gasteiger partial charge in [-0.05, 0) is 55.0 Å². The highest BCUT2D eigenvalue weighted by atomic mass is 16.5. The maximum absolute atomic E-state index is 10.6. The minimum Gasteiger partial charge on any atom is -0.497 e. The molecule has 0 spiro atoms. The van der Waals surface area contributed by atoms with Crippen molar-refractivity contribution in [3.8, 4) is 5.75 Å². The molecule has 0 aromatic heterocycles. The Balaban J connectivity index is 1.80. The predicted molar refractivity (Wildman–Crippen MR) is 75.3 cm³/mol. The molecule has 1 aromatic carbocycles. The number of hydrogen-bond acceptors (Lipinski definition) is 3. The highest BCUT2D eigenvalue weighted by Crippen LogP contribution is 2.41. The molecule has 1 aliphatic carbocycles. The van der Waals surface area contributed by atoms with Gasteiger partial charge in [-0.3, -0.25) is 0 Å². The first-order valence-electron chi connectivity index (χ1n) is 7.27. The maximum atomic E-state index is 10.6. The number of hydrogen-bond donors (Lipinski definition) is 2. The number of methoxy groups -OCH3 is 1. The highest BCUT2D eigenvalue weighted by Gasteiger charge is 2.38. The van der Waals surface area contributed by atoms with Crippen LogP contribution in [-0.4, -0.2) is 24.8 Å². The lowest BCUT2D eigenvalue weighted by atomic mass is 9.84. The molecular formula is C16H23NO2. The van der Waals surface area contributed by atoms with Crippen LogP contribution in [0.3, 0.4) is 0 Å². The van der Waals surface area contributed by atoms with Gasteiger partial charge in [0.2, 0.25) is 0 Å². The molecule has 3 rings (SSSR count). The Hall–Kier alpha value is -1.06. The van der Waals surface area contributed by atoms with Gasteiger partial charge >= 0.3 is 0 Å². The third-order valence-electron chi connectivity index (χ3n) is 4.75. The van der Waals surface area contributed by atoms with Crippen LogP contribution in [0, 0.1) is 11.8 Å². The molecule has 0 radical (unpaired) electrons. The van der Waals surface area contributed by atoms with E-state index < -0.39 is 0 Å². The number of piperidine rings is 1. The zero-order chi connectivity index (χ0) is 13.4. The Kier molecular flexibility index (Phi) is 3.50. The van der Waals surface area contributed by atoms with Crippen molar-refractivity contribution in [2.45, 2.75) is 38.3 Å². The third-order valence-corrected chi connectivity index (χ3v) is 4.75. The van der Waals surface area contributed by atoms with Crippen molar-refractivity contribution in [3.05, 3.63) is 29.3 Å². The number of aliphatic hydroxyl groups is 1. The topological polar surface area (TPSA) is 41.5 Å². The van der Waals surface area contributed by atoms with Crippen LogP contribution in [0.4, 0.5) is 0 Å². The molecule has 2 aliphatic rings. The van der Waals surface area contributed by atoms with E-state index in [-0.39, 0.29) is 6.10 Å². The van der Waals surface area contributed by atoms with Crippen molar-refractivity contribution in [3.63, 3.8) is 0 Å². The molecule has 0 saturated carbocycles. The Labute approximate surface area is 115 Å². The number of rotatable bonds is 2. The Morgan fingerprint density at radius 3 is 2.95 bits per heavy atom. The molecule has 1 fully saturated rings. The summed E-state index contributed by atoms with van der Waals surface area (Å²) in [7, 11) is 1.67. The van der Waals surface area contributed by atoms with Crippen LogP contribution < -0.4 is 10.1 Å². The first-order valence-corrected chi connectivity index (χ1v) is 7.27. The van der Waals surface area contributed by atoms with E-state index in [1.54, 1.807) is 7.11 Å². The van der Waals surface area contributed by atoms with Crippen molar-refractivity contribution in [2.24, 2.45) is 11.8 Å². The Morgan fingerprint density at radius 2 is 2.21 bits per heavy atom.